The highest BCUT2D eigenvalue weighted by molar-refractivity contribution is 5.77. The largest absolute Gasteiger partial charge is 0.481 e. The van der Waals surface area contributed by atoms with E-state index in [2.05, 4.69) is 54.5 Å². The van der Waals surface area contributed by atoms with Crippen LogP contribution in [0.2, 0.25) is 0 Å². The Kier molecular flexibility index (Phi) is 9.66. The molecule has 9 heteroatoms. The smallest absolute Gasteiger partial charge is 0.338 e. The van der Waals surface area contributed by atoms with Crippen molar-refractivity contribution in [2.45, 2.75) is 156 Å². The Balaban J connectivity index is 1.13. The number of carboxylic acid groups (broad SMARTS) is 1. The average molecular weight is 737 g/mol. The molecule has 0 amide bonds. The van der Waals surface area contributed by atoms with Crippen LogP contribution in [-0.2, 0) is 25.7 Å². The van der Waals surface area contributed by atoms with Gasteiger partial charge in [-0.3, -0.25) is 4.79 Å². The van der Waals surface area contributed by atoms with Crippen LogP contribution in [0.1, 0.15) is 118 Å². The summed E-state index contributed by atoms with van der Waals surface area (Å²) >= 11 is 0. The van der Waals surface area contributed by atoms with Crippen molar-refractivity contribution in [2.75, 3.05) is 0 Å². The Hall–Kier alpha value is -2.30. The molecule has 4 saturated carbocycles. The van der Waals surface area contributed by atoms with E-state index >= 15 is 0 Å². The number of hydrogen-bond donors (Lipinski definition) is 5. The van der Waals surface area contributed by atoms with Crippen LogP contribution in [0.3, 0.4) is 0 Å². The van der Waals surface area contributed by atoms with Crippen molar-refractivity contribution in [3.8, 4) is 0 Å². The Morgan fingerprint density at radius 2 is 1.53 bits per heavy atom. The molecule has 53 heavy (non-hydrogen) atoms. The zero-order chi connectivity index (χ0) is 38.5. The molecule has 0 radical (unpaired) electrons. The van der Waals surface area contributed by atoms with Crippen LogP contribution < -0.4 is 0 Å². The third-order valence-corrected chi connectivity index (χ3v) is 17.0. The molecule has 294 valence electrons. The fourth-order valence-electron chi connectivity index (χ4n) is 13.7. The number of esters is 1. The third kappa shape index (κ3) is 5.79. The fourth-order valence-corrected chi connectivity index (χ4v) is 13.7. The van der Waals surface area contributed by atoms with Gasteiger partial charge in [0.05, 0.1) is 11.5 Å². The zero-order valence-corrected chi connectivity index (χ0v) is 32.9. The van der Waals surface area contributed by atoms with Crippen LogP contribution in [0.5, 0.6) is 0 Å². The van der Waals surface area contributed by atoms with E-state index in [1.165, 1.54) is 5.57 Å². The highest BCUT2D eigenvalue weighted by Gasteiger charge is 2.70. The first-order chi connectivity index (χ1) is 24.7. The molecular formula is C44H64O9. The number of aliphatic hydroxyl groups is 4. The summed E-state index contributed by atoms with van der Waals surface area (Å²) in [5.74, 6) is -1.09. The van der Waals surface area contributed by atoms with E-state index in [9.17, 15) is 35.1 Å². The molecule has 1 aliphatic heterocycles. The maximum atomic E-state index is 13.2. The van der Waals surface area contributed by atoms with Crippen LogP contribution in [0.15, 0.2) is 42.0 Å². The van der Waals surface area contributed by atoms with E-state index < -0.39 is 54.0 Å². The van der Waals surface area contributed by atoms with Gasteiger partial charge in [-0.25, -0.2) is 4.79 Å². The predicted molar refractivity (Wildman–Crippen MR) is 199 cm³/mol. The van der Waals surface area contributed by atoms with Gasteiger partial charge in [-0.2, -0.15) is 0 Å². The fraction of sp³-hybridized carbons (Fsp3) is 0.773. The maximum Gasteiger partial charge on any atom is 0.338 e. The van der Waals surface area contributed by atoms with Crippen LogP contribution in [-0.4, -0.2) is 74.1 Å². The SMILES string of the molecule is CC1(C)CC[C@]2(C(=O)O)CC[C@]3(C)C(=CCC4[C@@]5(C)CC[C@H]([C@H](O)[C@@H]6OC(C(=O)OCc7ccccc7)[C@@H](O)[C@H](O)C6O)C(C)(C)C5CC[C@]43C)C2C1. The summed E-state index contributed by atoms with van der Waals surface area (Å²) in [7, 11) is 0. The van der Waals surface area contributed by atoms with E-state index in [4.69, 9.17) is 9.47 Å². The van der Waals surface area contributed by atoms with Crippen LogP contribution in [0, 0.1) is 56.2 Å². The molecule has 1 aromatic rings. The monoisotopic (exact) mass is 736 g/mol. The van der Waals surface area contributed by atoms with Crippen molar-refractivity contribution >= 4 is 11.9 Å². The predicted octanol–water partition coefficient (Wildman–Crippen LogP) is 6.44. The van der Waals surface area contributed by atoms with Crippen molar-refractivity contribution in [3.63, 3.8) is 0 Å². The summed E-state index contributed by atoms with van der Waals surface area (Å²) in [5, 5.41) is 55.7. The lowest BCUT2D eigenvalue weighted by atomic mass is 9.33. The Morgan fingerprint density at radius 1 is 0.849 bits per heavy atom. The molecule has 1 saturated heterocycles. The first-order valence-corrected chi connectivity index (χ1v) is 20.3. The normalized spacial score (nSPS) is 46.3. The number of allylic oxidation sites excluding steroid dienone is 2. The molecule has 5 unspecified atom stereocenters. The molecule has 0 aromatic heterocycles. The quantitative estimate of drug-likeness (QED) is 0.164. The molecule has 5 aliphatic carbocycles. The lowest BCUT2D eigenvalue weighted by molar-refractivity contribution is -0.264. The topological polar surface area (TPSA) is 154 Å². The summed E-state index contributed by atoms with van der Waals surface area (Å²) in [6.45, 7) is 16.4. The molecule has 5 fully saturated rings. The number of aliphatic hydroxyl groups excluding tert-OH is 4. The Labute approximate surface area is 315 Å². The van der Waals surface area contributed by atoms with Crippen molar-refractivity contribution in [1.82, 2.24) is 0 Å². The molecule has 14 atom stereocenters. The number of fused-ring (bicyclic) bond motifs is 7. The molecule has 9 nitrogen and oxygen atoms in total. The number of carbonyl (C=O) groups excluding carboxylic acids is 1. The van der Waals surface area contributed by atoms with E-state index in [1.807, 2.05) is 30.3 Å². The minimum Gasteiger partial charge on any atom is -0.481 e. The van der Waals surface area contributed by atoms with Crippen molar-refractivity contribution in [1.29, 1.82) is 0 Å². The van der Waals surface area contributed by atoms with Crippen LogP contribution >= 0.6 is 0 Å². The van der Waals surface area contributed by atoms with Gasteiger partial charge in [0.1, 0.15) is 31.0 Å². The molecule has 0 spiro atoms. The van der Waals surface area contributed by atoms with Gasteiger partial charge in [0, 0.05) is 0 Å². The number of ether oxygens (including phenoxy) is 2. The average Bonchev–Trinajstić information content (AvgIpc) is 3.09. The zero-order valence-electron chi connectivity index (χ0n) is 32.9. The molecule has 6 aliphatic rings. The second-order valence-electron chi connectivity index (χ2n) is 20.2. The van der Waals surface area contributed by atoms with Crippen LogP contribution in [0.4, 0.5) is 0 Å². The molecular weight excluding hydrogens is 672 g/mol. The van der Waals surface area contributed by atoms with Gasteiger partial charge in [0.2, 0.25) is 0 Å². The van der Waals surface area contributed by atoms with Crippen LogP contribution in [0.25, 0.3) is 0 Å². The molecule has 0 bridgehead atoms. The number of rotatable bonds is 6. The minimum absolute atomic E-state index is 0.00756. The van der Waals surface area contributed by atoms with Gasteiger partial charge in [0.15, 0.2) is 6.10 Å². The van der Waals surface area contributed by atoms with Gasteiger partial charge in [-0.1, -0.05) is 90.4 Å². The summed E-state index contributed by atoms with van der Waals surface area (Å²) in [6, 6.07) is 9.12. The summed E-state index contributed by atoms with van der Waals surface area (Å²) < 4.78 is 11.5. The number of carboxylic acids is 1. The summed E-state index contributed by atoms with van der Waals surface area (Å²) in [4.78, 5) is 26.2. The second-order valence-corrected chi connectivity index (χ2v) is 20.2. The number of benzene rings is 1. The first-order valence-electron chi connectivity index (χ1n) is 20.3. The Bertz CT molecular complexity index is 1600. The van der Waals surface area contributed by atoms with Gasteiger partial charge >= 0.3 is 11.9 Å². The number of carbonyl (C=O) groups is 2. The van der Waals surface area contributed by atoms with Crippen molar-refractivity contribution in [3.05, 3.63) is 47.5 Å². The third-order valence-electron chi connectivity index (χ3n) is 17.0. The molecule has 7 rings (SSSR count). The molecule has 5 N–H and O–H groups in total. The minimum atomic E-state index is -1.71. The van der Waals surface area contributed by atoms with E-state index in [0.717, 1.165) is 63.4 Å². The summed E-state index contributed by atoms with van der Waals surface area (Å²) in [5.41, 5.74) is 1.07. The highest BCUT2D eigenvalue weighted by Crippen LogP contribution is 2.76. The lowest BCUT2D eigenvalue weighted by Gasteiger charge is -2.71. The standard InChI is InChI=1S/C44H64O9/c1-39(2)19-21-44(38(50)51)22-20-42(6)26(28(44)23-39)13-14-30-41(5)17-15-27(40(3,4)29(41)16-18-43(30,42)7)31(45)35-33(47)32(46)34(48)36(53-35)37(49)52-24-25-11-9-8-10-12-25/h8-13,27-36,45-48H,14-24H2,1-7H3,(H,50,51)/t27-,28?,29?,30?,31+,32-,33?,34+,35+,36?,41+,42-,43-,44+/m1/s1. The number of aliphatic carboxylic acids is 1. The van der Waals surface area contributed by atoms with Gasteiger partial charge in [-0.05, 0) is 121 Å². The highest BCUT2D eigenvalue weighted by atomic mass is 16.6. The van der Waals surface area contributed by atoms with E-state index in [1.54, 1.807) is 0 Å². The maximum absolute atomic E-state index is 13.2. The van der Waals surface area contributed by atoms with Crippen molar-refractivity contribution < 1.29 is 44.6 Å². The van der Waals surface area contributed by atoms with Gasteiger partial charge < -0.3 is 35.0 Å². The van der Waals surface area contributed by atoms with Gasteiger partial charge in [0.25, 0.3) is 0 Å². The Morgan fingerprint density at radius 3 is 2.21 bits per heavy atom. The van der Waals surface area contributed by atoms with Crippen molar-refractivity contribution in [2.24, 2.45) is 56.2 Å². The van der Waals surface area contributed by atoms with Gasteiger partial charge in [-0.15, -0.1) is 0 Å². The molecule has 1 aromatic carbocycles. The molecule has 1 heterocycles. The lowest BCUT2D eigenvalue weighted by Crippen LogP contribution is -2.67. The number of hydrogen-bond acceptors (Lipinski definition) is 8. The second kappa shape index (κ2) is 13.1. The summed E-state index contributed by atoms with van der Waals surface area (Å²) in [6.07, 6.45) is 2.11. The first kappa shape index (κ1) is 39.0. The van der Waals surface area contributed by atoms with E-state index in [-0.39, 0.29) is 51.4 Å². The van der Waals surface area contributed by atoms with E-state index in [0.29, 0.717) is 12.3 Å².